The number of hydrogen-bond acceptors (Lipinski definition) is 3. The van der Waals surface area contributed by atoms with E-state index in [2.05, 4.69) is 4.98 Å². The summed E-state index contributed by atoms with van der Waals surface area (Å²) in [4.78, 5) is 3.79. The third kappa shape index (κ3) is 3.20. The van der Waals surface area contributed by atoms with Crippen LogP contribution in [0.4, 0.5) is 13.2 Å². The summed E-state index contributed by atoms with van der Waals surface area (Å²) in [6, 6.07) is 6.65. The van der Waals surface area contributed by atoms with Gasteiger partial charge in [0.15, 0.2) is 0 Å². The Kier molecular flexibility index (Phi) is 4.15. The summed E-state index contributed by atoms with van der Waals surface area (Å²) in [7, 11) is 0. The summed E-state index contributed by atoms with van der Waals surface area (Å²) in [5.74, 6) is -0.449. The van der Waals surface area contributed by atoms with Gasteiger partial charge in [-0.15, -0.1) is 0 Å². The molecule has 0 radical (unpaired) electrons. The third-order valence-electron chi connectivity index (χ3n) is 2.52. The summed E-state index contributed by atoms with van der Waals surface area (Å²) in [5.41, 5.74) is 4.79. The molecule has 20 heavy (non-hydrogen) atoms. The summed E-state index contributed by atoms with van der Waals surface area (Å²) in [5, 5.41) is 0.128. The Morgan fingerprint density at radius 1 is 1.25 bits per heavy atom. The number of nitrogens with two attached hydrogens (primary N) is 1. The van der Waals surface area contributed by atoms with E-state index in [1.165, 1.54) is 24.4 Å². The second-order valence-electron chi connectivity index (χ2n) is 3.92. The van der Waals surface area contributed by atoms with Gasteiger partial charge in [-0.05, 0) is 29.8 Å². The van der Waals surface area contributed by atoms with Crippen LogP contribution < -0.4 is 10.5 Å². The van der Waals surface area contributed by atoms with Crippen LogP contribution in [0.5, 0.6) is 11.6 Å². The van der Waals surface area contributed by atoms with Gasteiger partial charge in [0.25, 0.3) is 0 Å². The number of hydrogen-bond donors (Lipinski definition) is 1. The number of pyridine rings is 1. The first-order chi connectivity index (χ1) is 9.41. The minimum atomic E-state index is -4.55. The van der Waals surface area contributed by atoms with Crippen LogP contribution in [-0.2, 0) is 12.7 Å². The Balaban J connectivity index is 2.44. The lowest BCUT2D eigenvalue weighted by atomic mass is 10.1. The van der Waals surface area contributed by atoms with Gasteiger partial charge >= 0.3 is 6.18 Å². The zero-order valence-corrected chi connectivity index (χ0v) is 10.9. The Morgan fingerprint density at radius 2 is 2.00 bits per heavy atom. The number of alkyl halides is 3. The predicted octanol–water partition coefficient (Wildman–Crippen LogP) is 4.00. The van der Waals surface area contributed by atoms with Crippen molar-refractivity contribution in [3.8, 4) is 11.6 Å². The maximum Gasteiger partial charge on any atom is 0.419 e. The van der Waals surface area contributed by atoms with E-state index in [4.69, 9.17) is 22.1 Å². The van der Waals surface area contributed by atoms with E-state index >= 15 is 0 Å². The number of halogens is 4. The molecule has 2 aromatic rings. The Morgan fingerprint density at radius 3 is 2.60 bits per heavy atom. The summed E-state index contributed by atoms with van der Waals surface area (Å²) in [6.07, 6.45) is -3.18. The third-order valence-corrected chi connectivity index (χ3v) is 2.80. The van der Waals surface area contributed by atoms with Crippen LogP contribution in [0.1, 0.15) is 11.1 Å². The molecule has 0 aliphatic carbocycles. The maximum atomic E-state index is 13.0. The molecule has 0 amide bonds. The molecule has 0 unspecified atom stereocenters. The molecule has 1 aromatic heterocycles. The highest BCUT2D eigenvalue weighted by Crippen LogP contribution is 2.39. The second-order valence-corrected chi connectivity index (χ2v) is 4.33. The highest BCUT2D eigenvalue weighted by Gasteiger charge is 2.35. The van der Waals surface area contributed by atoms with Crippen molar-refractivity contribution in [2.24, 2.45) is 5.73 Å². The van der Waals surface area contributed by atoms with Gasteiger partial charge in [0, 0.05) is 12.7 Å². The van der Waals surface area contributed by atoms with Crippen LogP contribution in [0.3, 0.4) is 0 Å². The molecule has 106 valence electrons. The fraction of sp³-hybridized carbons (Fsp3) is 0.154. The molecule has 2 rings (SSSR count). The van der Waals surface area contributed by atoms with Crippen LogP contribution in [0.15, 0.2) is 36.5 Å². The minimum absolute atomic E-state index is 0.00764. The SMILES string of the molecule is NCc1ccc(Oc2ncccc2Cl)c(C(F)(F)F)c1. The van der Waals surface area contributed by atoms with Gasteiger partial charge in [0.1, 0.15) is 10.8 Å². The van der Waals surface area contributed by atoms with Crippen molar-refractivity contribution >= 4 is 11.6 Å². The van der Waals surface area contributed by atoms with Crippen LogP contribution in [0.2, 0.25) is 5.02 Å². The lowest BCUT2D eigenvalue weighted by Gasteiger charge is -2.14. The van der Waals surface area contributed by atoms with Crippen molar-refractivity contribution in [1.82, 2.24) is 4.98 Å². The molecular weight excluding hydrogens is 293 g/mol. The lowest BCUT2D eigenvalue weighted by Crippen LogP contribution is -2.09. The van der Waals surface area contributed by atoms with E-state index in [9.17, 15) is 13.2 Å². The molecule has 0 fully saturated rings. The van der Waals surface area contributed by atoms with E-state index in [0.29, 0.717) is 5.56 Å². The largest absolute Gasteiger partial charge is 0.437 e. The highest BCUT2D eigenvalue weighted by atomic mass is 35.5. The van der Waals surface area contributed by atoms with Crippen molar-refractivity contribution in [2.45, 2.75) is 12.7 Å². The normalized spacial score (nSPS) is 11.4. The van der Waals surface area contributed by atoms with Crippen molar-refractivity contribution in [3.05, 3.63) is 52.7 Å². The number of benzene rings is 1. The van der Waals surface area contributed by atoms with Crippen molar-refractivity contribution < 1.29 is 17.9 Å². The molecule has 0 saturated carbocycles. The summed E-state index contributed by atoms with van der Waals surface area (Å²) >= 11 is 5.81. The fourth-order valence-electron chi connectivity index (χ4n) is 1.57. The van der Waals surface area contributed by atoms with E-state index in [1.807, 2.05) is 0 Å². The van der Waals surface area contributed by atoms with Gasteiger partial charge in [-0.2, -0.15) is 13.2 Å². The number of aromatic nitrogens is 1. The fourth-order valence-corrected chi connectivity index (χ4v) is 1.73. The second kappa shape index (κ2) is 5.68. The first-order valence-electron chi connectivity index (χ1n) is 5.60. The Labute approximate surface area is 118 Å². The smallest absolute Gasteiger partial charge is 0.419 e. The van der Waals surface area contributed by atoms with Crippen molar-refractivity contribution in [2.75, 3.05) is 0 Å². The van der Waals surface area contributed by atoms with Gasteiger partial charge < -0.3 is 10.5 Å². The van der Waals surface area contributed by atoms with Crippen molar-refractivity contribution in [1.29, 1.82) is 0 Å². The standard InChI is InChI=1S/C13H10ClF3N2O/c14-10-2-1-5-19-12(10)20-11-4-3-8(7-18)6-9(11)13(15,16)17/h1-6H,7,18H2. The first kappa shape index (κ1) is 14.6. The molecule has 0 aliphatic rings. The molecule has 1 heterocycles. The number of rotatable bonds is 3. The van der Waals surface area contributed by atoms with E-state index in [1.54, 1.807) is 6.07 Å². The van der Waals surface area contributed by atoms with Gasteiger partial charge in [0.05, 0.1) is 5.56 Å². The van der Waals surface area contributed by atoms with Crippen LogP contribution in [-0.4, -0.2) is 4.98 Å². The highest BCUT2D eigenvalue weighted by molar-refractivity contribution is 6.31. The molecule has 0 bridgehead atoms. The van der Waals surface area contributed by atoms with E-state index < -0.39 is 11.7 Å². The molecule has 0 aliphatic heterocycles. The van der Waals surface area contributed by atoms with Gasteiger partial charge in [-0.3, -0.25) is 0 Å². The monoisotopic (exact) mass is 302 g/mol. The minimum Gasteiger partial charge on any atom is -0.437 e. The zero-order chi connectivity index (χ0) is 14.8. The van der Waals surface area contributed by atoms with Crippen molar-refractivity contribution in [3.63, 3.8) is 0 Å². The first-order valence-corrected chi connectivity index (χ1v) is 5.98. The maximum absolute atomic E-state index is 13.0. The average Bonchev–Trinajstić information content (AvgIpc) is 2.40. The zero-order valence-electron chi connectivity index (χ0n) is 10.1. The van der Waals surface area contributed by atoms with Crippen LogP contribution in [0, 0.1) is 0 Å². The van der Waals surface area contributed by atoms with E-state index in [-0.39, 0.29) is 23.2 Å². The lowest BCUT2D eigenvalue weighted by molar-refractivity contribution is -0.138. The molecular formula is C13H10ClF3N2O. The molecule has 0 spiro atoms. The molecule has 2 N–H and O–H groups in total. The Hall–Kier alpha value is -1.79. The average molecular weight is 303 g/mol. The van der Waals surface area contributed by atoms with Gasteiger partial charge in [-0.25, -0.2) is 4.98 Å². The number of nitrogens with zero attached hydrogens (tertiary/aromatic N) is 1. The van der Waals surface area contributed by atoms with Gasteiger partial charge in [-0.1, -0.05) is 17.7 Å². The van der Waals surface area contributed by atoms with Gasteiger partial charge in [0.2, 0.25) is 5.88 Å². The van der Waals surface area contributed by atoms with E-state index in [0.717, 1.165) is 6.07 Å². The topological polar surface area (TPSA) is 48.1 Å². The molecule has 1 aromatic carbocycles. The Bertz CT molecular complexity index is 617. The summed E-state index contributed by atoms with van der Waals surface area (Å²) < 4.78 is 44.1. The number of ether oxygens (including phenoxy) is 1. The predicted molar refractivity (Wildman–Crippen MR) is 68.7 cm³/mol. The quantitative estimate of drug-likeness (QED) is 0.932. The van der Waals surface area contributed by atoms with Crippen LogP contribution in [0.25, 0.3) is 0 Å². The molecule has 3 nitrogen and oxygen atoms in total. The molecule has 0 atom stereocenters. The molecule has 0 saturated heterocycles. The van der Waals surface area contributed by atoms with Crippen LogP contribution >= 0.6 is 11.6 Å². The summed E-state index contributed by atoms with van der Waals surface area (Å²) in [6.45, 7) is 0.00764. The molecule has 7 heteroatoms.